The Morgan fingerprint density at radius 2 is 1.81 bits per heavy atom. The average molecular weight is 495 g/mol. The van der Waals surface area contributed by atoms with Gasteiger partial charge in [0, 0.05) is 50.0 Å². The Morgan fingerprint density at radius 3 is 2.35 bits per heavy atom. The van der Waals surface area contributed by atoms with E-state index >= 15 is 0 Å². The van der Waals surface area contributed by atoms with E-state index < -0.39 is 0 Å². The molecule has 2 rings (SSSR count). The first-order valence-electron chi connectivity index (χ1n) is 9.15. The molecule has 1 aliphatic rings. The molecule has 3 N–H and O–H groups in total. The first-order chi connectivity index (χ1) is 12.0. The molecule has 0 spiro atoms. The number of aliphatic imine (C=N–C) groups is 1. The first-order valence-corrected chi connectivity index (χ1v) is 9.53. The molecule has 1 heterocycles. The van der Waals surface area contributed by atoms with Crippen LogP contribution < -0.4 is 10.6 Å². The van der Waals surface area contributed by atoms with Crippen molar-refractivity contribution in [2.24, 2.45) is 22.6 Å². The van der Waals surface area contributed by atoms with Crippen molar-refractivity contribution in [1.82, 2.24) is 4.90 Å². The number of piperazine rings is 1. The van der Waals surface area contributed by atoms with Gasteiger partial charge in [0.25, 0.3) is 0 Å². The fraction of sp³-hybridized carbons (Fsp3) is 0.632. The molecule has 0 amide bonds. The number of rotatable bonds is 7. The van der Waals surface area contributed by atoms with E-state index in [1.807, 2.05) is 12.1 Å². The Hall–Kier alpha value is -0.730. The van der Waals surface area contributed by atoms with Gasteiger partial charge in [-0.2, -0.15) is 0 Å². The van der Waals surface area contributed by atoms with Crippen LogP contribution >= 0.6 is 35.6 Å². The summed E-state index contributed by atoms with van der Waals surface area (Å²) < 4.78 is 0. The SMILES string of the molecule is CC(C)CC(CCO)CN=C(N)N1CCN(c2ccc(Cl)cc2)CC1.I. The van der Waals surface area contributed by atoms with Gasteiger partial charge >= 0.3 is 0 Å². The molecule has 7 heteroatoms. The maximum Gasteiger partial charge on any atom is 0.191 e. The second-order valence-electron chi connectivity index (χ2n) is 7.16. The van der Waals surface area contributed by atoms with Crippen LogP contribution in [0.4, 0.5) is 5.69 Å². The van der Waals surface area contributed by atoms with E-state index in [1.54, 1.807) is 0 Å². The van der Waals surface area contributed by atoms with E-state index in [2.05, 4.69) is 40.8 Å². The molecule has 1 aromatic carbocycles. The zero-order chi connectivity index (χ0) is 18.2. The Labute approximate surface area is 179 Å². The summed E-state index contributed by atoms with van der Waals surface area (Å²) in [5.41, 5.74) is 7.40. The van der Waals surface area contributed by atoms with Crippen LogP contribution in [0.3, 0.4) is 0 Å². The highest BCUT2D eigenvalue weighted by atomic mass is 127. The van der Waals surface area contributed by atoms with Crippen LogP contribution in [0, 0.1) is 11.8 Å². The molecule has 0 bridgehead atoms. The summed E-state index contributed by atoms with van der Waals surface area (Å²) in [4.78, 5) is 9.09. The second-order valence-corrected chi connectivity index (χ2v) is 7.59. The number of nitrogens with two attached hydrogens (primary N) is 1. The maximum absolute atomic E-state index is 9.21. The van der Waals surface area contributed by atoms with Gasteiger partial charge in [0.2, 0.25) is 0 Å². The number of hydrogen-bond donors (Lipinski definition) is 2. The van der Waals surface area contributed by atoms with Crippen LogP contribution in [0.5, 0.6) is 0 Å². The summed E-state index contributed by atoms with van der Waals surface area (Å²) in [6.45, 7) is 8.89. The van der Waals surface area contributed by atoms with Gasteiger partial charge in [-0.3, -0.25) is 4.99 Å². The summed E-state index contributed by atoms with van der Waals surface area (Å²) >= 11 is 5.95. The fourth-order valence-electron chi connectivity index (χ4n) is 3.30. The summed E-state index contributed by atoms with van der Waals surface area (Å²) in [7, 11) is 0. The molecule has 5 nitrogen and oxygen atoms in total. The van der Waals surface area contributed by atoms with Gasteiger partial charge < -0.3 is 20.6 Å². The highest BCUT2D eigenvalue weighted by Gasteiger charge is 2.19. The topological polar surface area (TPSA) is 65.1 Å². The predicted molar refractivity (Wildman–Crippen MR) is 122 cm³/mol. The number of aliphatic hydroxyl groups excluding tert-OH is 1. The lowest BCUT2D eigenvalue weighted by molar-refractivity contribution is 0.245. The molecular formula is C19H32ClIN4O. The van der Waals surface area contributed by atoms with Gasteiger partial charge in [-0.15, -0.1) is 24.0 Å². The number of anilines is 1. The molecule has 1 fully saturated rings. The minimum Gasteiger partial charge on any atom is -0.396 e. The molecule has 1 aromatic rings. The van der Waals surface area contributed by atoms with Gasteiger partial charge in [-0.25, -0.2) is 0 Å². The van der Waals surface area contributed by atoms with E-state index in [0.717, 1.165) is 44.0 Å². The number of hydrogen-bond acceptors (Lipinski definition) is 3. The smallest absolute Gasteiger partial charge is 0.191 e. The molecular weight excluding hydrogens is 463 g/mol. The van der Waals surface area contributed by atoms with Crippen LogP contribution in [-0.4, -0.2) is 55.3 Å². The van der Waals surface area contributed by atoms with Crippen molar-refractivity contribution in [2.45, 2.75) is 26.7 Å². The van der Waals surface area contributed by atoms with Crippen molar-refractivity contribution >= 4 is 47.2 Å². The number of aliphatic hydroxyl groups is 1. The van der Waals surface area contributed by atoms with Gasteiger partial charge in [-0.1, -0.05) is 25.4 Å². The minimum atomic E-state index is 0. The Balaban J connectivity index is 0.00000338. The third-order valence-electron chi connectivity index (χ3n) is 4.65. The Morgan fingerprint density at radius 1 is 1.19 bits per heavy atom. The van der Waals surface area contributed by atoms with E-state index in [0.29, 0.717) is 24.3 Å². The molecule has 1 atom stereocenters. The zero-order valence-corrected chi connectivity index (χ0v) is 18.9. The Bertz CT molecular complexity index is 545. The number of benzene rings is 1. The van der Waals surface area contributed by atoms with Crippen LogP contribution in [0.2, 0.25) is 5.02 Å². The van der Waals surface area contributed by atoms with E-state index in [1.165, 1.54) is 5.69 Å². The fourth-order valence-corrected chi connectivity index (χ4v) is 3.43. The predicted octanol–water partition coefficient (Wildman–Crippen LogP) is 3.44. The van der Waals surface area contributed by atoms with Crippen molar-refractivity contribution in [3.05, 3.63) is 29.3 Å². The lowest BCUT2D eigenvalue weighted by Gasteiger charge is -2.36. The standard InChI is InChI=1S/C19H31ClN4O.HI/c1-15(2)13-16(7-12-25)14-22-19(21)24-10-8-23(9-11-24)18-5-3-17(20)4-6-18;/h3-6,15-16,25H,7-14H2,1-2H3,(H2,21,22);1H. The van der Waals surface area contributed by atoms with Gasteiger partial charge in [0.15, 0.2) is 5.96 Å². The highest BCUT2D eigenvalue weighted by molar-refractivity contribution is 14.0. The maximum atomic E-state index is 9.21. The van der Waals surface area contributed by atoms with Crippen molar-refractivity contribution in [2.75, 3.05) is 44.2 Å². The number of nitrogens with zero attached hydrogens (tertiary/aromatic N) is 3. The van der Waals surface area contributed by atoms with Crippen molar-refractivity contribution in [3.63, 3.8) is 0 Å². The quantitative estimate of drug-likeness (QED) is 0.346. The summed E-state index contributed by atoms with van der Waals surface area (Å²) in [5.74, 6) is 1.64. The van der Waals surface area contributed by atoms with E-state index in [4.69, 9.17) is 17.3 Å². The third-order valence-corrected chi connectivity index (χ3v) is 4.90. The number of guanidine groups is 1. The van der Waals surface area contributed by atoms with Crippen molar-refractivity contribution in [1.29, 1.82) is 0 Å². The highest BCUT2D eigenvalue weighted by Crippen LogP contribution is 2.20. The summed E-state index contributed by atoms with van der Waals surface area (Å²) in [6.07, 6.45) is 1.86. The molecule has 0 saturated carbocycles. The first kappa shape index (κ1) is 23.3. The van der Waals surface area contributed by atoms with Gasteiger partial charge in [0.1, 0.15) is 0 Å². The summed E-state index contributed by atoms with van der Waals surface area (Å²) in [6, 6.07) is 7.96. The Kier molecular flexibility index (Phi) is 10.6. The van der Waals surface area contributed by atoms with Crippen LogP contribution in [0.15, 0.2) is 29.3 Å². The molecule has 148 valence electrons. The molecule has 0 aromatic heterocycles. The largest absolute Gasteiger partial charge is 0.396 e. The zero-order valence-electron chi connectivity index (χ0n) is 15.8. The van der Waals surface area contributed by atoms with Crippen LogP contribution in [0.1, 0.15) is 26.7 Å². The lowest BCUT2D eigenvalue weighted by atomic mass is 9.94. The molecule has 1 unspecified atom stereocenters. The van der Waals surface area contributed by atoms with Crippen LogP contribution in [0.25, 0.3) is 0 Å². The van der Waals surface area contributed by atoms with Crippen LogP contribution in [-0.2, 0) is 0 Å². The number of halogens is 2. The van der Waals surface area contributed by atoms with Crippen molar-refractivity contribution in [3.8, 4) is 0 Å². The molecule has 0 aliphatic carbocycles. The second kappa shape index (κ2) is 11.9. The van der Waals surface area contributed by atoms with Gasteiger partial charge in [0.05, 0.1) is 0 Å². The van der Waals surface area contributed by atoms with E-state index in [9.17, 15) is 5.11 Å². The normalized spacial score (nSPS) is 16.6. The van der Waals surface area contributed by atoms with Gasteiger partial charge in [-0.05, 0) is 48.9 Å². The third kappa shape index (κ3) is 7.48. The summed E-state index contributed by atoms with van der Waals surface area (Å²) in [5, 5.41) is 9.98. The molecule has 0 radical (unpaired) electrons. The molecule has 26 heavy (non-hydrogen) atoms. The lowest BCUT2D eigenvalue weighted by Crippen LogP contribution is -2.51. The molecule has 1 aliphatic heterocycles. The average Bonchev–Trinajstić information content (AvgIpc) is 2.60. The van der Waals surface area contributed by atoms with E-state index in [-0.39, 0.29) is 30.6 Å². The van der Waals surface area contributed by atoms with Crippen molar-refractivity contribution < 1.29 is 5.11 Å². The molecule has 1 saturated heterocycles. The minimum absolute atomic E-state index is 0. The monoisotopic (exact) mass is 494 g/mol.